The number of carbonyl (C=O) groups excluding carboxylic acids is 1. The number of rotatable bonds is 6. The van der Waals surface area contributed by atoms with Crippen molar-refractivity contribution in [2.45, 2.75) is 52.7 Å². The van der Waals surface area contributed by atoms with Gasteiger partial charge in [0.25, 0.3) is 5.91 Å². The van der Waals surface area contributed by atoms with E-state index in [4.69, 9.17) is 16.3 Å². The predicted molar refractivity (Wildman–Crippen MR) is 103 cm³/mol. The number of hydrogen-bond donors (Lipinski definition) is 1. The quantitative estimate of drug-likeness (QED) is 0.777. The van der Waals surface area contributed by atoms with E-state index in [1.165, 1.54) is 5.57 Å². The van der Waals surface area contributed by atoms with E-state index < -0.39 is 6.10 Å². The number of carbonyl (C=O) groups is 1. The van der Waals surface area contributed by atoms with Crippen molar-refractivity contribution in [3.05, 3.63) is 40.4 Å². The predicted octanol–water partition coefficient (Wildman–Crippen LogP) is 3.96. The zero-order valence-electron chi connectivity index (χ0n) is 15.6. The van der Waals surface area contributed by atoms with Gasteiger partial charge in [-0.3, -0.25) is 9.69 Å². The Labute approximate surface area is 156 Å². The first-order valence-corrected chi connectivity index (χ1v) is 9.32. The van der Waals surface area contributed by atoms with Crippen LogP contribution in [0.3, 0.4) is 0 Å². The number of benzene rings is 1. The number of nitrogens with zero attached hydrogens (tertiary/aromatic N) is 1. The first-order chi connectivity index (χ1) is 11.8. The Bertz CT molecular complexity index is 618. The van der Waals surface area contributed by atoms with Crippen molar-refractivity contribution in [3.63, 3.8) is 0 Å². The van der Waals surface area contributed by atoms with Crippen LogP contribution in [0.1, 0.15) is 39.2 Å². The van der Waals surface area contributed by atoms with Crippen LogP contribution in [0.5, 0.6) is 5.75 Å². The van der Waals surface area contributed by atoms with Crippen LogP contribution in [0.25, 0.3) is 0 Å². The Morgan fingerprint density at radius 2 is 2.08 bits per heavy atom. The van der Waals surface area contributed by atoms with E-state index in [1.54, 1.807) is 13.0 Å². The molecule has 2 rings (SSSR count). The van der Waals surface area contributed by atoms with Crippen LogP contribution in [-0.4, -0.2) is 42.6 Å². The zero-order chi connectivity index (χ0) is 18.4. The molecule has 1 atom stereocenters. The summed E-state index contributed by atoms with van der Waals surface area (Å²) >= 11 is 5.95. The molecule has 1 aromatic rings. The maximum Gasteiger partial charge on any atom is 0.260 e. The Morgan fingerprint density at radius 3 is 2.68 bits per heavy atom. The molecule has 0 aromatic heterocycles. The molecule has 1 saturated heterocycles. The highest BCUT2D eigenvalue weighted by Gasteiger charge is 2.23. The molecular formula is C20H29ClN2O2. The lowest BCUT2D eigenvalue weighted by Crippen LogP contribution is -2.48. The molecule has 1 aromatic carbocycles. The van der Waals surface area contributed by atoms with Gasteiger partial charge < -0.3 is 10.1 Å². The molecule has 1 fully saturated rings. The number of aryl methyl sites for hydroxylation is 1. The molecule has 5 heteroatoms. The summed E-state index contributed by atoms with van der Waals surface area (Å²) in [7, 11) is 0. The SMILES string of the molecule is CC(C)=CCN1CCC(NC(=O)C(C)Oc2ccc(Cl)cc2C)CC1. The van der Waals surface area contributed by atoms with Crippen LogP contribution >= 0.6 is 11.6 Å². The van der Waals surface area contributed by atoms with Crippen LogP contribution in [0.2, 0.25) is 5.02 Å². The van der Waals surface area contributed by atoms with E-state index in [1.807, 2.05) is 19.1 Å². The molecule has 1 amide bonds. The molecular weight excluding hydrogens is 336 g/mol. The van der Waals surface area contributed by atoms with Gasteiger partial charge in [-0.2, -0.15) is 0 Å². The maximum atomic E-state index is 12.4. The summed E-state index contributed by atoms with van der Waals surface area (Å²) in [5.74, 6) is 0.640. The lowest BCUT2D eigenvalue weighted by atomic mass is 10.0. The van der Waals surface area contributed by atoms with E-state index in [9.17, 15) is 4.79 Å². The minimum atomic E-state index is -0.524. The van der Waals surface area contributed by atoms with Gasteiger partial charge >= 0.3 is 0 Å². The first kappa shape index (κ1) is 19.8. The second kappa shape index (κ2) is 9.25. The molecule has 0 bridgehead atoms. The van der Waals surface area contributed by atoms with Gasteiger partial charge in [0.2, 0.25) is 0 Å². The van der Waals surface area contributed by atoms with Crippen molar-refractivity contribution in [2.75, 3.05) is 19.6 Å². The molecule has 0 saturated carbocycles. The molecule has 1 heterocycles. The smallest absolute Gasteiger partial charge is 0.260 e. The summed E-state index contributed by atoms with van der Waals surface area (Å²) < 4.78 is 5.80. The number of allylic oxidation sites excluding steroid dienone is 1. The standard InChI is InChI=1S/C20H29ClN2O2/c1-14(2)7-10-23-11-8-18(9-12-23)22-20(24)16(4)25-19-6-5-17(21)13-15(19)3/h5-7,13,16,18H,8-12H2,1-4H3,(H,22,24). The normalized spacial score (nSPS) is 17.0. The van der Waals surface area contributed by atoms with Gasteiger partial charge in [0.05, 0.1) is 0 Å². The number of piperidine rings is 1. The topological polar surface area (TPSA) is 41.6 Å². The second-order valence-electron chi connectivity index (χ2n) is 7.03. The minimum Gasteiger partial charge on any atom is -0.481 e. The average molecular weight is 365 g/mol. The van der Waals surface area contributed by atoms with E-state index in [0.717, 1.165) is 38.0 Å². The minimum absolute atomic E-state index is 0.0582. The molecule has 1 aliphatic rings. The summed E-state index contributed by atoms with van der Waals surface area (Å²) in [6.45, 7) is 11.0. The molecule has 0 aliphatic carbocycles. The fraction of sp³-hybridized carbons (Fsp3) is 0.550. The highest BCUT2D eigenvalue weighted by Crippen LogP contribution is 2.23. The van der Waals surface area contributed by atoms with Gasteiger partial charge in [-0.1, -0.05) is 23.3 Å². The van der Waals surface area contributed by atoms with Crippen LogP contribution in [0, 0.1) is 6.92 Å². The van der Waals surface area contributed by atoms with Gasteiger partial charge in [0, 0.05) is 30.7 Å². The van der Waals surface area contributed by atoms with Gasteiger partial charge in [-0.05, 0) is 64.3 Å². The fourth-order valence-corrected chi connectivity index (χ4v) is 3.11. The Morgan fingerprint density at radius 1 is 1.40 bits per heavy atom. The monoisotopic (exact) mass is 364 g/mol. The zero-order valence-corrected chi connectivity index (χ0v) is 16.4. The first-order valence-electron chi connectivity index (χ1n) is 8.94. The van der Waals surface area contributed by atoms with Crippen LogP contribution in [-0.2, 0) is 4.79 Å². The van der Waals surface area contributed by atoms with Gasteiger partial charge in [-0.15, -0.1) is 0 Å². The molecule has 4 nitrogen and oxygen atoms in total. The number of halogens is 1. The van der Waals surface area contributed by atoms with Crippen molar-refractivity contribution in [1.29, 1.82) is 0 Å². The average Bonchev–Trinajstić information content (AvgIpc) is 2.56. The van der Waals surface area contributed by atoms with Gasteiger partial charge in [-0.25, -0.2) is 0 Å². The second-order valence-corrected chi connectivity index (χ2v) is 7.47. The van der Waals surface area contributed by atoms with Crippen molar-refractivity contribution >= 4 is 17.5 Å². The number of amides is 1. The van der Waals surface area contributed by atoms with Crippen molar-refractivity contribution in [2.24, 2.45) is 0 Å². The third-order valence-corrected chi connectivity index (χ3v) is 4.74. The lowest BCUT2D eigenvalue weighted by molar-refractivity contribution is -0.128. The fourth-order valence-electron chi connectivity index (χ4n) is 2.88. The summed E-state index contributed by atoms with van der Waals surface area (Å²) in [5, 5.41) is 3.79. The van der Waals surface area contributed by atoms with Crippen molar-refractivity contribution in [1.82, 2.24) is 10.2 Å². The summed E-state index contributed by atoms with van der Waals surface area (Å²) in [6, 6.07) is 5.65. The van der Waals surface area contributed by atoms with Crippen LogP contribution in [0.4, 0.5) is 0 Å². The number of hydrogen-bond acceptors (Lipinski definition) is 3. The maximum absolute atomic E-state index is 12.4. The summed E-state index contributed by atoms with van der Waals surface area (Å²) in [5.41, 5.74) is 2.28. The molecule has 0 spiro atoms. The van der Waals surface area contributed by atoms with Gasteiger partial charge in [0.1, 0.15) is 5.75 Å². The molecule has 1 aliphatic heterocycles. The third-order valence-electron chi connectivity index (χ3n) is 4.50. The molecule has 1 N–H and O–H groups in total. The molecule has 138 valence electrons. The number of ether oxygens (including phenoxy) is 1. The van der Waals surface area contributed by atoms with E-state index in [2.05, 4.69) is 30.1 Å². The van der Waals surface area contributed by atoms with E-state index in [-0.39, 0.29) is 11.9 Å². The molecule has 0 radical (unpaired) electrons. The molecule has 1 unspecified atom stereocenters. The van der Waals surface area contributed by atoms with Crippen molar-refractivity contribution < 1.29 is 9.53 Å². The highest BCUT2D eigenvalue weighted by molar-refractivity contribution is 6.30. The Hall–Kier alpha value is -1.52. The molecule has 25 heavy (non-hydrogen) atoms. The van der Waals surface area contributed by atoms with Crippen molar-refractivity contribution in [3.8, 4) is 5.75 Å². The van der Waals surface area contributed by atoms with Crippen LogP contribution in [0.15, 0.2) is 29.8 Å². The summed E-state index contributed by atoms with van der Waals surface area (Å²) in [6.07, 6.45) is 3.69. The Balaban J connectivity index is 1.79. The van der Waals surface area contributed by atoms with E-state index >= 15 is 0 Å². The largest absolute Gasteiger partial charge is 0.481 e. The van der Waals surface area contributed by atoms with E-state index in [0.29, 0.717) is 10.8 Å². The van der Waals surface area contributed by atoms with Gasteiger partial charge in [0.15, 0.2) is 6.10 Å². The number of likely N-dealkylation sites (tertiary alicyclic amines) is 1. The number of nitrogens with one attached hydrogen (secondary N) is 1. The Kier molecular flexibility index (Phi) is 7.33. The third kappa shape index (κ3) is 6.37. The summed E-state index contributed by atoms with van der Waals surface area (Å²) in [4.78, 5) is 14.8. The van der Waals surface area contributed by atoms with Crippen LogP contribution < -0.4 is 10.1 Å². The lowest BCUT2D eigenvalue weighted by Gasteiger charge is -2.32. The highest BCUT2D eigenvalue weighted by atomic mass is 35.5.